The summed E-state index contributed by atoms with van der Waals surface area (Å²) in [4.78, 5) is 12.1. The van der Waals surface area contributed by atoms with Gasteiger partial charge in [0.05, 0.1) is 18.6 Å². The SMILES string of the molecule is O=C(N[C@@H](CO)Cc1ccccc1)C1CCCNC1. The molecule has 104 valence electrons. The molecule has 1 unspecified atom stereocenters. The van der Waals surface area contributed by atoms with Crippen LogP contribution in [0.4, 0.5) is 0 Å². The molecule has 1 aromatic rings. The van der Waals surface area contributed by atoms with Gasteiger partial charge in [-0.1, -0.05) is 30.3 Å². The first kappa shape index (κ1) is 14.0. The van der Waals surface area contributed by atoms with Crippen molar-refractivity contribution < 1.29 is 9.90 Å². The van der Waals surface area contributed by atoms with Crippen LogP contribution in [-0.4, -0.2) is 36.8 Å². The van der Waals surface area contributed by atoms with Crippen LogP contribution in [0, 0.1) is 5.92 Å². The van der Waals surface area contributed by atoms with Gasteiger partial charge in [0.1, 0.15) is 0 Å². The summed E-state index contributed by atoms with van der Waals surface area (Å²) >= 11 is 0. The minimum atomic E-state index is -0.197. The van der Waals surface area contributed by atoms with Crippen molar-refractivity contribution in [2.75, 3.05) is 19.7 Å². The van der Waals surface area contributed by atoms with Gasteiger partial charge < -0.3 is 15.7 Å². The Morgan fingerprint density at radius 3 is 2.84 bits per heavy atom. The fourth-order valence-electron chi connectivity index (χ4n) is 2.45. The highest BCUT2D eigenvalue weighted by molar-refractivity contribution is 5.79. The Morgan fingerprint density at radius 1 is 1.42 bits per heavy atom. The first-order valence-electron chi connectivity index (χ1n) is 6.95. The molecule has 1 heterocycles. The monoisotopic (exact) mass is 262 g/mol. The maximum atomic E-state index is 12.1. The number of amides is 1. The number of carbonyl (C=O) groups is 1. The fraction of sp³-hybridized carbons (Fsp3) is 0.533. The van der Waals surface area contributed by atoms with Crippen LogP contribution in [-0.2, 0) is 11.2 Å². The van der Waals surface area contributed by atoms with E-state index < -0.39 is 0 Å². The zero-order valence-corrected chi connectivity index (χ0v) is 11.1. The Balaban J connectivity index is 1.86. The van der Waals surface area contributed by atoms with Crippen LogP contribution in [0.25, 0.3) is 0 Å². The second kappa shape index (κ2) is 7.26. The third-order valence-corrected chi connectivity index (χ3v) is 3.56. The van der Waals surface area contributed by atoms with Crippen LogP contribution in [0.5, 0.6) is 0 Å². The second-order valence-corrected chi connectivity index (χ2v) is 5.12. The number of hydrogen-bond acceptors (Lipinski definition) is 3. The summed E-state index contributed by atoms with van der Waals surface area (Å²) in [7, 11) is 0. The van der Waals surface area contributed by atoms with Crippen molar-refractivity contribution in [3.8, 4) is 0 Å². The van der Waals surface area contributed by atoms with Crippen molar-refractivity contribution in [3.63, 3.8) is 0 Å². The van der Waals surface area contributed by atoms with E-state index in [0.717, 1.165) is 31.5 Å². The summed E-state index contributed by atoms with van der Waals surface area (Å²) in [5.41, 5.74) is 1.13. The number of aliphatic hydroxyl groups excluding tert-OH is 1. The van der Waals surface area contributed by atoms with Crippen LogP contribution < -0.4 is 10.6 Å². The zero-order valence-electron chi connectivity index (χ0n) is 11.1. The molecule has 4 heteroatoms. The molecule has 2 atom stereocenters. The van der Waals surface area contributed by atoms with E-state index in [9.17, 15) is 9.90 Å². The normalized spacial score (nSPS) is 20.8. The van der Waals surface area contributed by atoms with Gasteiger partial charge in [-0.05, 0) is 31.4 Å². The number of piperidine rings is 1. The van der Waals surface area contributed by atoms with Crippen molar-refractivity contribution in [2.24, 2.45) is 5.92 Å². The number of carbonyl (C=O) groups excluding carboxylic acids is 1. The molecule has 4 nitrogen and oxygen atoms in total. The van der Waals surface area contributed by atoms with Gasteiger partial charge in [0.15, 0.2) is 0 Å². The molecule has 1 saturated heterocycles. The largest absolute Gasteiger partial charge is 0.394 e. The summed E-state index contributed by atoms with van der Waals surface area (Å²) in [6.45, 7) is 1.72. The zero-order chi connectivity index (χ0) is 13.5. The first-order chi connectivity index (χ1) is 9.29. The molecule has 0 aromatic heterocycles. The average molecular weight is 262 g/mol. The fourth-order valence-corrected chi connectivity index (χ4v) is 2.45. The molecule has 0 spiro atoms. The highest BCUT2D eigenvalue weighted by atomic mass is 16.3. The summed E-state index contributed by atoms with van der Waals surface area (Å²) in [5.74, 6) is 0.0979. The first-order valence-corrected chi connectivity index (χ1v) is 6.95. The molecule has 19 heavy (non-hydrogen) atoms. The van der Waals surface area contributed by atoms with E-state index in [4.69, 9.17) is 0 Å². The lowest BCUT2D eigenvalue weighted by molar-refractivity contribution is -0.126. The molecule has 1 fully saturated rings. The van der Waals surface area contributed by atoms with Gasteiger partial charge in [-0.25, -0.2) is 0 Å². The smallest absolute Gasteiger partial charge is 0.224 e. The Hall–Kier alpha value is -1.39. The molecule has 3 N–H and O–H groups in total. The van der Waals surface area contributed by atoms with Crippen LogP contribution >= 0.6 is 0 Å². The van der Waals surface area contributed by atoms with E-state index in [-0.39, 0.29) is 24.5 Å². The summed E-state index contributed by atoms with van der Waals surface area (Å²) < 4.78 is 0. The molecule has 2 rings (SSSR count). The molecular formula is C15H22N2O2. The van der Waals surface area contributed by atoms with E-state index in [1.807, 2.05) is 30.3 Å². The molecule has 0 radical (unpaired) electrons. The molecule has 1 aliphatic rings. The van der Waals surface area contributed by atoms with E-state index in [2.05, 4.69) is 10.6 Å². The molecule has 0 aliphatic carbocycles. The van der Waals surface area contributed by atoms with Crippen molar-refractivity contribution in [3.05, 3.63) is 35.9 Å². The number of rotatable bonds is 5. The van der Waals surface area contributed by atoms with Crippen LogP contribution in [0.2, 0.25) is 0 Å². The van der Waals surface area contributed by atoms with Gasteiger partial charge in [0.2, 0.25) is 5.91 Å². The Morgan fingerprint density at radius 2 is 2.21 bits per heavy atom. The van der Waals surface area contributed by atoms with Crippen LogP contribution in [0.3, 0.4) is 0 Å². The van der Waals surface area contributed by atoms with E-state index >= 15 is 0 Å². The Kier molecular flexibility index (Phi) is 5.36. The summed E-state index contributed by atoms with van der Waals surface area (Å²) in [6, 6.07) is 9.72. The molecule has 0 bridgehead atoms. The second-order valence-electron chi connectivity index (χ2n) is 5.12. The summed E-state index contributed by atoms with van der Waals surface area (Å²) in [6.07, 6.45) is 2.64. The maximum absolute atomic E-state index is 12.1. The quantitative estimate of drug-likeness (QED) is 0.732. The lowest BCUT2D eigenvalue weighted by Gasteiger charge is -2.24. The minimum absolute atomic E-state index is 0.0270. The number of benzene rings is 1. The van der Waals surface area contributed by atoms with Crippen molar-refractivity contribution in [1.82, 2.24) is 10.6 Å². The summed E-state index contributed by atoms with van der Waals surface area (Å²) in [5, 5.41) is 15.6. The highest BCUT2D eigenvalue weighted by Crippen LogP contribution is 2.11. The Bertz CT molecular complexity index is 388. The highest BCUT2D eigenvalue weighted by Gasteiger charge is 2.22. The van der Waals surface area contributed by atoms with E-state index in [0.29, 0.717) is 6.42 Å². The van der Waals surface area contributed by atoms with Gasteiger partial charge in [-0.3, -0.25) is 4.79 Å². The lowest BCUT2D eigenvalue weighted by atomic mass is 9.98. The molecule has 0 saturated carbocycles. The van der Waals surface area contributed by atoms with E-state index in [1.54, 1.807) is 0 Å². The van der Waals surface area contributed by atoms with Crippen molar-refractivity contribution in [1.29, 1.82) is 0 Å². The third-order valence-electron chi connectivity index (χ3n) is 3.56. The average Bonchev–Trinajstić information content (AvgIpc) is 2.48. The number of hydrogen-bond donors (Lipinski definition) is 3. The molecule has 1 amide bonds. The lowest BCUT2D eigenvalue weighted by Crippen LogP contribution is -2.46. The van der Waals surface area contributed by atoms with Crippen molar-refractivity contribution in [2.45, 2.75) is 25.3 Å². The van der Waals surface area contributed by atoms with Crippen molar-refractivity contribution >= 4 is 5.91 Å². The van der Waals surface area contributed by atoms with Gasteiger partial charge in [-0.2, -0.15) is 0 Å². The maximum Gasteiger partial charge on any atom is 0.224 e. The third kappa shape index (κ3) is 4.33. The number of aliphatic hydroxyl groups is 1. The van der Waals surface area contributed by atoms with Crippen LogP contribution in [0.1, 0.15) is 18.4 Å². The van der Waals surface area contributed by atoms with E-state index in [1.165, 1.54) is 0 Å². The van der Waals surface area contributed by atoms with Gasteiger partial charge in [0, 0.05) is 6.54 Å². The predicted molar refractivity (Wildman–Crippen MR) is 74.8 cm³/mol. The Labute approximate surface area is 114 Å². The molecular weight excluding hydrogens is 240 g/mol. The van der Waals surface area contributed by atoms with Gasteiger partial charge in [0.25, 0.3) is 0 Å². The van der Waals surface area contributed by atoms with Crippen LogP contribution in [0.15, 0.2) is 30.3 Å². The molecule has 1 aliphatic heterocycles. The predicted octanol–water partition coefficient (Wildman–Crippen LogP) is 0.706. The number of nitrogens with one attached hydrogen (secondary N) is 2. The van der Waals surface area contributed by atoms with Gasteiger partial charge >= 0.3 is 0 Å². The molecule has 1 aromatic carbocycles. The standard InChI is InChI=1S/C15H22N2O2/c18-11-14(9-12-5-2-1-3-6-12)17-15(19)13-7-4-8-16-10-13/h1-3,5-6,13-14,16,18H,4,7-11H2,(H,17,19)/t13?,14-/m1/s1. The van der Waals surface area contributed by atoms with Gasteiger partial charge in [-0.15, -0.1) is 0 Å². The minimum Gasteiger partial charge on any atom is -0.394 e. The topological polar surface area (TPSA) is 61.4 Å².